The van der Waals surface area contributed by atoms with Crippen LogP contribution in [-0.4, -0.2) is 57.8 Å². The number of hydrogen-bond acceptors (Lipinski definition) is 4. The van der Waals surface area contributed by atoms with Crippen molar-refractivity contribution >= 4 is 29.9 Å². The predicted molar refractivity (Wildman–Crippen MR) is 138 cm³/mol. The molecule has 3 rings (SSSR count). The van der Waals surface area contributed by atoms with Gasteiger partial charge < -0.3 is 15.2 Å². The highest BCUT2D eigenvalue weighted by Crippen LogP contribution is 2.25. The second-order valence-corrected chi connectivity index (χ2v) is 8.03. The molecule has 1 aliphatic rings. The fraction of sp³-hybridized carbons (Fsp3) is 0.609. The van der Waals surface area contributed by atoms with Crippen molar-refractivity contribution in [2.24, 2.45) is 4.99 Å². The molecule has 172 valence electrons. The van der Waals surface area contributed by atoms with E-state index in [-0.39, 0.29) is 24.0 Å². The first-order valence-electron chi connectivity index (χ1n) is 11.4. The Bertz CT molecular complexity index is 771. The van der Waals surface area contributed by atoms with Gasteiger partial charge >= 0.3 is 0 Å². The Labute approximate surface area is 204 Å². The maximum atomic E-state index is 5.01. The highest BCUT2D eigenvalue weighted by Gasteiger charge is 2.23. The number of aromatic nitrogens is 3. The maximum Gasteiger partial charge on any atom is 0.191 e. The lowest BCUT2D eigenvalue weighted by Gasteiger charge is -2.27. The minimum atomic E-state index is 0. The van der Waals surface area contributed by atoms with Gasteiger partial charge in [0.15, 0.2) is 5.96 Å². The van der Waals surface area contributed by atoms with E-state index in [0.29, 0.717) is 12.1 Å². The van der Waals surface area contributed by atoms with E-state index in [9.17, 15) is 0 Å². The summed E-state index contributed by atoms with van der Waals surface area (Å²) in [5, 5.41) is 15.3. The third-order valence-corrected chi connectivity index (χ3v) is 5.84. The molecule has 1 aromatic heterocycles. The first-order valence-corrected chi connectivity index (χ1v) is 11.4. The molecule has 0 aliphatic carbocycles. The predicted octanol–water partition coefficient (Wildman–Crippen LogP) is 3.63. The average Bonchev–Trinajstić information content (AvgIpc) is 3.46. The Kier molecular flexibility index (Phi) is 11.3. The van der Waals surface area contributed by atoms with Crippen LogP contribution in [0, 0.1) is 0 Å². The van der Waals surface area contributed by atoms with Gasteiger partial charge in [-0.3, -0.25) is 9.89 Å². The topological polar surface area (TPSA) is 70.4 Å². The lowest BCUT2D eigenvalue weighted by atomic mass is 10.1. The number of hydrogen-bond donors (Lipinski definition) is 2. The van der Waals surface area contributed by atoms with Gasteiger partial charge in [0.1, 0.15) is 12.2 Å². The molecule has 1 fully saturated rings. The second-order valence-electron chi connectivity index (χ2n) is 8.03. The van der Waals surface area contributed by atoms with Crippen molar-refractivity contribution in [3.63, 3.8) is 0 Å². The van der Waals surface area contributed by atoms with Gasteiger partial charge in [-0.2, -0.15) is 0 Å². The summed E-state index contributed by atoms with van der Waals surface area (Å²) < 4.78 is 2.10. The first kappa shape index (κ1) is 25.6. The molecule has 7 nitrogen and oxygen atoms in total. The summed E-state index contributed by atoms with van der Waals surface area (Å²) in [4.78, 5) is 7.58. The Morgan fingerprint density at radius 3 is 2.58 bits per heavy atom. The molecule has 2 heterocycles. The van der Waals surface area contributed by atoms with Gasteiger partial charge in [0.25, 0.3) is 0 Å². The molecule has 2 aromatic rings. The van der Waals surface area contributed by atoms with Gasteiger partial charge in [0, 0.05) is 25.6 Å². The van der Waals surface area contributed by atoms with Gasteiger partial charge in [-0.05, 0) is 44.8 Å². The van der Waals surface area contributed by atoms with E-state index in [0.717, 1.165) is 57.3 Å². The lowest BCUT2D eigenvalue weighted by Crippen LogP contribution is -2.43. The summed E-state index contributed by atoms with van der Waals surface area (Å²) >= 11 is 0. The fourth-order valence-corrected chi connectivity index (χ4v) is 3.86. The first-order chi connectivity index (χ1) is 14.7. The molecule has 1 aliphatic heterocycles. The quantitative estimate of drug-likeness (QED) is 0.274. The number of aliphatic imine (C=N–C) groups is 1. The number of nitrogens with zero attached hydrogens (tertiary/aromatic N) is 5. The van der Waals surface area contributed by atoms with Crippen LogP contribution >= 0.6 is 24.0 Å². The van der Waals surface area contributed by atoms with Gasteiger partial charge in [-0.1, -0.05) is 44.2 Å². The molecular formula is C23H38IN7. The van der Waals surface area contributed by atoms with Gasteiger partial charge in [-0.15, -0.1) is 34.2 Å². The zero-order valence-corrected chi connectivity index (χ0v) is 21.5. The molecule has 0 spiro atoms. The Hall–Kier alpha value is -1.68. The van der Waals surface area contributed by atoms with Crippen LogP contribution < -0.4 is 10.6 Å². The molecule has 8 heteroatoms. The zero-order valence-electron chi connectivity index (χ0n) is 19.1. The molecule has 0 saturated carbocycles. The van der Waals surface area contributed by atoms with E-state index in [1.807, 2.05) is 0 Å². The van der Waals surface area contributed by atoms with Crippen LogP contribution in [0.2, 0.25) is 0 Å². The van der Waals surface area contributed by atoms with Gasteiger partial charge in [0.05, 0.1) is 12.6 Å². The normalized spacial score (nSPS) is 16.5. The third-order valence-electron chi connectivity index (χ3n) is 5.84. The van der Waals surface area contributed by atoms with Gasteiger partial charge in [0.2, 0.25) is 0 Å². The van der Waals surface area contributed by atoms with Crippen LogP contribution in [0.25, 0.3) is 0 Å². The minimum Gasteiger partial charge on any atom is -0.355 e. The highest BCUT2D eigenvalue weighted by atomic mass is 127. The Morgan fingerprint density at radius 1 is 1.16 bits per heavy atom. The van der Waals surface area contributed by atoms with E-state index < -0.39 is 0 Å². The molecule has 1 aromatic carbocycles. The van der Waals surface area contributed by atoms with Crippen molar-refractivity contribution in [2.75, 3.05) is 26.2 Å². The SMILES string of the molecule is CCc1nncn1CCNC(=NCC(c1ccccc1)N1CCCC1)NC(C)CC.I. The summed E-state index contributed by atoms with van der Waals surface area (Å²) in [5.41, 5.74) is 1.35. The van der Waals surface area contributed by atoms with Crippen molar-refractivity contribution in [1.82, 2.24) is 30.3 Å². The Morgan fingerprint density at radius 2 is 1.90 bits per heavy atom. The zero-order chi connectivity index (χ0) is 21.2. The van der Waals surface area contributed by atoms with E-state index in [4.69, 9.17) is 4.99 Å². The van der Waals surface area contributed by atoms with Gasteiger partial charge in [-0.25, -0.2) is 0 Å². The van der Waals surface area contributed by atoms with Crippen LogP contribution in [0.1, 0.15) is 57.5 Å². The second kappa shape index (κ2) is 13.7. The molecule has 0 bridgehead atoms. The smallest absolute Gasteiger partial charge is 0.191 e. The molecule has 0 radical (unpaired) electrons. The number of guanidine groups is 1. The minimum absolute atomic E-state index is 0. The standard InChI is InChI=1S/C23H37N7.HI/c1-4-19(3)27-23(24-13-16-30-18-26-28-22(30)5-2)25-17-21(29-14-9-10-15-29)20-11-7-6-8-12-20;/h6-8,11-12,18-19,21H,4-5,9-10,13-17H2,1-3H3,(H2,24,25,27);1H. The maximum absolute atomic E-state index is 5.01. The molecule has 2 N–H and O–H groups in total. The van der Waals surface area contributed by atoms with Crippen molar-refractivity contribution in [3.05, 3.63) is 48.0 Å². The number of aryl methyl sites for hydroxylation is 1. The number of likely N-dealkylation sites (tertiary alicyclic amines) is 1. The van der Waals surface area contributed by atoms with E-state index in [1.54, 1.807) is 6.33 Å². The fourth-order valence-electron chi connectivity index (χ4n) is 3.86. The average molecular weight is 540 g/mol. The third kappa shape index (κ3) is 7.75. The molecule has 0 amide bonds. The van der Waals surface area contributed by atoms with Crippen LogP contribution in [0.5, 0.6) is 0 Å². The van der Waals surface area contributed by atoms with Crippen molar-refractivity contribution in [3.8, 4) is 0 Å². The summed E-state index contributed by atoms with van der Waals surface area (Å²) in [6.45, 7) is 11.2. The van der Waals surface area contributed by atoms with Crippen LogP contribution in [0.3, 0.4) is 0 Å². The molecule has 2 atom stereocenters. The molecule has 31 heavy (non-hydrogen) atoms. The summed E-state index contributed by atoms with van der Waals surface area (Å²) in [6, 6.07) is 11.5. The Balaban J connectivity index is 0.00000341. The molecule has 2 unspecified atom stereocenters. The van der Waals surface area contributed by atoms with Crippen molar-refractivity contribution < 1.29 is 0 Å². The number of rotatable bonds is 10. The number of halogens is 1. The van der Waals surface area contributed by atoms with Crippen LogP contribution in [-0.2, 0) is 13.0 Å². The van der Waals surface area contributed by atoms with E-state index in [1.165, 1.54) is 18.4 Å². The highest BCUT2D eigenvalue weighted by molar-refractivity contribution is 14.0. The van der Waals surface area contributed by atoms with E-state index in [2.05, 4.69) is 81.4 Å². The molecular weight excluding hydrogens is 501 g/mol. The van der Waals surface area contributed by atoms with Crippen molar-refractivity contribution in [1.29, 1.82) is 0 Å². The van der Waals surface area contributed by atoms with Crippen LogP contribution in [0.15, 0.2) is 41.7 Å². The van der Waals surface area contributed by atoms with Crippen LogP contribution in [0.4, 0.5) is 0 Å². The number of benzene rings is 1. The number of nitrogens with one attached hydrogen (secondary N) is 2. The summed E-state index contributed by atoms with van der Waals surface area (Å²) in [5.74, 6) is 1.90. The van der Waals surface area contributed by atoms with Crippen molar-refractivity contribution in [2.45, 2.75) is 65.1 Å². The largest absolute Gasteiger partial charge is 0.355 e. The lowest BCUT2D eigenvalue weighted by molar-refractivity contribution is 0.251. The summed E-state index contributed by atoms with van der Waals surface area (Å²) in [6.07, 6.45) is 6.31. The molecule has 1 saturated heterocycles. The summed E-state index contributed by atoms with van der Waals surface area (Å²) in [7, 11) is 0. The van der Waals surface area contributed by atoms with E-state index >= 15 is 0 Å². The monoisotopic (exact) mass is 539 g/mol.